The number of hydrogen-bond acceptors (Lipinski definition) is 4. The van der Waals surface area contributed by atoms with E-state index in [0.717, 1.165) is 36.8 Å². The number of nitrogens with zero attached hydrogens (tertiary/aromatic N) is 1. The van der Waals surface area contributed by atoms with E-state index in [1.165, 1.54) is 32.1 Å². The molecule has 0 aliphatic heterocycles. The molecule has 1 fully saturated rings. The van der Waals surface area contributed by atoms with E-state index < -0.39 is 0 Å². The van der Waals surface area contributed by atoms with Crippen LogP contribution in [-0.4, -0.2) is 51.1 Å². The zero-order chi connectivity index (χ0) is 20.1. The lowest BCUT2D eigenvalue weighted by molar-refractivity contribution is 0.131. The average Bonchev–Trinajstić information content (AvgIpc) is 2.72. The van der Waals surface area contributed by atoms with Gasteiger partial charge < -0.3 is 25.2 Å². The van der Waals surface area contributed by atoms with Gasteiger partial charge in [0, 0.05) is 26.8 Å². The first-order valence-corrected chi connectivity index (χ1v) is 10.5. The highest BCUT2D eigenvalue weighted by Crippen LogP contribution is 2.38. The molecule has 0 heterocycles. The number of aliphatic hydroxyl groups excluding tert-OH is 1. The van der Waals surface area contributed by atoms with Gasteiger partial charge in [0.15, 0.2) is 5.96 Å². The molecule has 0 aromatic heterocycles. The first kappa shape index (κ1) is 22.5. The van der Waals surface area contributed by atoms with Gasteiger partial charge in [0.2, 0.25) is 0 Å². The lowest BCUT2D eigenvalue weighted by Crippen LogP contribution is -2.44. The Hall–Kier alpha value is -1.79. The molecule has 1 aromatic rings. The van der Waals surface area contributed by atoms with Gasteiger partial charge in [0.05, 0.1) is 13.2 Å². The monoisotopic (exact) mass is 391 g/mol. The molecule has 0 bridgehead atoms. The van der Waals surface area contributed by atoms with Crippen LogP contribution in [0.4, 0.5) is 0 Å². The lowest BCUT2D eigenvalue weighted by Gasteiger charge is -2.37. The minimum Gasteiger partial charge on any atom is -0.491 e. The summed E-state index contributed by atoms with van der Waals surface area (Å²) in [4.78, 5) is 4.74. The highest BCUT2D eigenvalue weighted by atomic mass is 16.5. The smallest absolute Gasteiger partial charge is 0.191 e. The average molecular weight is 392 g/mol. The zero-order valence-corrected chi connectivity index (χ0v) is 17.5. The van der Waals surface area contributed by atoms with Gasteiger partial charge >= 0.3 is 0 Å². The minimum atomic E-state index is 0.199. The van der Waals surface area contributed by atoms with Crippen molar-refractivity contribution in [2.45, 2.75) is 52.0 Å². The quantitative estimate of drug-likeness (QED) is 0.307. The number of nitrogens with one attached hydrogen (secondary N) is 2. The number of methoxy groups -OCH3 is 1. The van der Waals surface area contributed by atoms with Crippen molar-refractivity contribution in [1.82, 2.24) is 10.6 Å². The van der Waals surface area contributed by atoms with Crippen molar-refractivity contribution in [3.8, 4) is 5.75 Å². The summed E-state index contributed by atoms with van der Waals surface area (Å²) in [5.74, 6) is 1.68. The van der Waals surface area contributed by atoms with Crippen LogP contribution in [-0.2, 0) is 11.3 Å². The largest absolute Gasteiger partial charge is 0.491 e. The zero-order valence-electron chi connectivity index (χ0n) is 17.5. The van der Waals surface area contributed by atoms with Crippen molar-refractivity contribution in [3.05, 3.63) is 29.8 Å². The fourth-order valence-corrected chi connectivity index (χ4v) is 3.77. The fraction of sp³-hybridized carbons (Fsp3) is 0.682. The summed E-state index contributed by atoms with van der Waals surface area (Å²) in [6, 6.07) is 8.03. The van der Waals surface area contributed by atoms with E-state index in [0.29, 0.717) is 19.8 Å². The molecular formula is C22H37N3O3. The van der Waals surface area contributed by atoms with Gasteiger partial charge in [-0.05, 0) is 49.3 Å². The molecule has 1 aromatic carbocycles. The van der Waals surface area contributed by atoms with Crippen LogP contribution in [0.15, 0.2) is 29.3 Å². The van der Waals surface area contributed by atoms with Crippen LogP contribution in [0.1, 0.15) is 51.0 Å². The van der Waals surface area contributed by atoms with Gasteiger partial charge in [-0.25, -0.2) is 4.99 Å². The molecule has 0 atom stereocenters. The van der Waals surface area contributed by atoms with Crippen LogP contribution in [0.3, 0.4) is 0 Å². The van der Waals surface area contributed by atoms with E-state index in [1.54, 1.807) is 7.11 Å². The Kier molecular flexibility index (Phi) is 10.1. The summed E-state index contributed by atoms with van der Waals surface area (Å²) in [6.45, 7) is 5.78. The summed E-state index contributed by atoms with van der Waals surface area (Å²) in [6.07, 6.45) is 7.06. The predicted molar refractivity (Wildman–Crippen MR) is 114 cm³/mol. The van der Waals surface area contributed by atoms with Crippen LogP contribution in [0.2, 0.25) is 0 Å². The van der Waals surface area contributed by atoms with Gasteiger partial charge in [0.25, 0.3) is 0 Å². The molecule has 1 aliphatic carbocycles. The number of aliphatic imine (C=N–C) groups is 1. The van der Waals surface area contributed by atoms with Crippen molar-refractivity contribution in [2.24, 2.45) is 10.4 Å². The van der Waals surface area contributed by atoms with Gasteiger partial charge in [-0.3, -0.25) is 0 Å². The predicted octanol–water partition coefficient (Wildman–Crippen LogP) is 3.10. The molecule has 158 valence electrons. The van der Waals surface area contributed by atoms with E-state index in [4.69, 9.17) is 14.5 Å². The maximum atomic E-state index is 9.50. The van der Waals surface area contributed by atoms with E-state index in [2.05, 4.69) is 17.6 Å². The molecule has 0 unspecified atom stereocenters. The third-order valence-corrected chi connectivity index (χ3v) is 5.43. The molecule has 3 N–H and O–H groups in total. The van der Waals surface area contributed by atoms with Crippen molar-refractivity contribution in [3.63, 3.8) is 0 Å². The molecule has 0 amide bonds. The molecule has 1 saturated carbocycles. The van der Waals surface area contributed by atoms with Crippen molar-refractivity contribution >= 4 is 5.96 Å². The summed E-state index contributed by atoms with van der Waals surface area (Å²) < 4.78 is 10.6. The molecule has 6 heteroatoms. The normalized spacial score (nSPS) is 16.6. The van der Waals surface area contributed by atoms with Gasteiger partial charge in [-0.1, -0.05) is 31.4 Å². The van der Waals surface area contributed by atoms with E-state index >= 15 is 0 Å². The Balaban J connectivity index is 1.90. The molecular weight excluding hydrogens is 354 g/mol. The summed E-state index contributed by atoms with van der Waals surface area (Å²) in [5, 5.41) is 16.4. The molecule has 6 nitrogen and oxygen atoms in total. The third kappa shape index (κ3) is 7.68. The molecule has 0 radical (unpaired) electrons. The van der Waals surface area contributed by atoms with Gasteiger partial charge in [-0.15, -0.1) is 0 Å². The second-order valence-electron chi connectivity index (χ2n) is 7.57. The Bertz CT molecular complexity index is 563. The third-order valence-electron chi connectivity index (χ3n) is 5.43. The van der Waals surface area contributed by atoms with E-state index in [1.807, 2.05) is 24.3 Å². The molecule has 2 rings (SSSR count). The van der Waals surface area contributed by atoms with E-state index in [9.17, 15) is 5.11 Å². The Morgan fingerprint density at radius 2 is 1.86 bits per heavy atom. The molecule has 0 saturated heterocycles. The van der Waals surface area contributed by atoms with Gasteiger partial charge in [0.1, 0.15) is 12.4 Å². The first-order chi connectivity index (χ1) is 13.7. The minimum absolute atomic E-state index is 0.199. The van der Waals surface area contributed by atoms with Crippen molar-refractivity contribution in [2.75, 3.05) is 40.0 Å². The molecule has 0 spiro atoms. The number of benzene rings is 1. The Morgan fingerprint density at radius 3 is 2.50 bits per heavy atom. The van der Waals surface area contributed by atoms with Crippen LogP contribution in [0, 0.1) is 5.41 Å². The SMILES string of the molecule is CCNC(=NCc1ccc(OCCOC)cc1)NCC1(CCO)CCCCC1. The Labute approximate surface area is 169 Å². The van der Waals surface area contributed by atoms with E-state index in [-0.39, 0.29) is 12.0 Å². The lowest BCUT2D eigenvalue weighted by atomic mass is 9.72. The summed E-state index contributed by atoms with van der Waals surface area (Å²) >= 11 is 0. The highest BCUT2D eigenvalue weighted by molar-refractivity contribution is 5.79. The maximum absolute atomic E-state index is 9.50. The van der Waals surface area contributed by atoms with Gasteiger partial charge in [-0.2, -0.15) is 0 Å². The van der Waals surface area contributed by atoms with Crippen LogP contribution < -0.4 is 15.4 Å². The Morgan fingerprint density at radius 1 is 1.11 bits per heavy atom. The second-order valence-corrected chi connectivity index (χ2v) is 7.57. The standard InChI is InChI=1S/C22H37N3O3/c1-3-23-21(25-18-22(13-14-26)11-5-4-6-12-22)24-17-19-7-9-20(10-8-19)28-16-15-27-2/h7-10,26H,3-6,11-18H2,1-2H3,(H2,23,24,25). The van der Waals surface area contributed by atoms with Crippen LogP contribution in [0.25, 0.3) is 0 Å². The number of guanidine groups is 1. The first-order valence-electron chi connectivity index (χ1n) is 10.5. The molecule has 1 aliphatic rings. The summed E-state index contributed by atoms with van der Waals surface area (Å²) in [7, 11) is 1.67. The number of aliphatic hydroxyl groups is 1. The topological polar surface area (TPSA) is 75.1 Å². The number of ether oxygens (including phenoxy) is 2. The number of hydrogen-bond donors (Lipinski definition) is 3. The van der Waals surface area contributed by atoms with Crippen molar-refractivity contribution in [1.29, 1.82) is 0 Å². The van der Waals surface area contributed by atoms with Crippen molar-refractivity contribution < 1.29 is 14.6 Å². The highest BCUT2D eigenvalue weighted by Gasteiger charge is 2.31. The second kappa shape index (κ2) is 12.6. The number of rotatable bonds is 11. The van der Waals surface area contributed by atoms with Crippen LogP contribution >= 0.6 is 0 Å². The maximum Gasteiger partial charge on any atom is 0.191 e. The summed E-state index contributed by atoms with van der Waals surface area (Å²) in [5.41, 5.74) is 1.34. The fourth-order valence-electron chi connectivity index (χ4n) is 3.77. The van der Waals surface area contributed by atoms with Crippen LogP contribution in [0.5, 0.6) is 5.75 Å². The molecule has 28 heavy (non-hydrogen) atoms.